The van der Waals surface area contributed by atoms with Crippen molar-refractivity contribution in [1.29, 1.82) is 0 Å². The van der Waals surface area contributed by atoms with Crippen molar-refractivity contribution in [2.24, 2.45) is 4.99 Å². The van der Waals surface area contributed by atoms with E-state index in [9.17, 15) is 8.42 Å². The molecular formula is C22H32N4O3S. The average Bonchev–Trinajstić information content (AvgIpc) is 2.75. The second-order valence-corrected chi connectivity index (χ2v) is 8.97. The zero-order valence-electron chi connectivity index (χ0n) is 18.3. The van der Waals surface area contributed by atoms with Crippen LogP contribution in [0, 0.1) is 6.92 Å². The number of guanidine groups is 1. The van der Waals surface area contributed by atoms with E-state index in [1.807, 2.05) is 19.1 Å². The Labute approximate surface area is 180 Å². The highest BCUT2D eigenvalue weighted by atomic mass is 32.2. The average molecular weight is 433 g/mol. The van der Waals surface area contributed by atoms with Crippen LogP contribution in [0.2, 0.25) is 0 Å². The van der Waals surface area contributed by atoms with E-state index >= 15 is 0 Å². The molecule has 0 heterocycles. The Bertz CT molecular complexity index is 974. The van der Waals surface area contributed by atoms with Crippen molar-refractivity contribution in [1.82, 2.24) is 15.4 Å². The fourth-order valence-corrected chi connectivity index (χ4v) is 3.54. The molecule has 0 aliphatic carbocycles. The number of aliphatic imine (C=N–C) groups is 1. The van der Waals surface area contributed by atoms with Crippen LogP contribution in [0.5, 0.6) is 5.75 Å². The topological polar surface area (TPSA) is 91.8 Å². The lowest BCUT2D eigenvalue weighted by Crippen LogP contribution is -2.36. The molecule has 0 radical (unpaired) electrons. The number of hydrogen-bond acceptors (Lipinski definition) is 4. The Morgan fingerprint density at radius 2 is 1.87 bits per heavy atom. The van der Waals surface area contributed by atoms with Gasteiger partial charge in [-0.25, -0.2) is 13.1 Å². The van der Waals surface area contributed by atoms with Crippen molar-refractivity contribution < 1.29 is 13.2 Å². The fourth-order valence-electron chi connectivity index (χ4n) is 2.74. The third-order valence-corrected chi connectivity index (χ3v) is 6.15. The van der Waals surface area contributed by atoms with Crippen molar-refractivity contribution in [2.75, 3.05) is 14.1 Å². The summed E-state index contributed by atoms with van der Waals surface area (Å²) in [6, 6.07) is 13.0. The quantitative estimate of drug-likeness (QED) is 0.419. The normalized spacial score (nSPS) is 13.0. The van der Waals surface area contributed by atoms with Crippen molar-refractivity contribution >= 4 is 16.0 Å². The van der Waals surface area contributed by atoms with Gasteiger partial charge in [0, 0.05) is 25.7 Å². The van der Waals surface area contributed by atoms with Crippen LogP contribution in [0.25, 0.3) is 0 Å². The first kappa shape index (κ1) is 23.7. The molecule has 0 saturated carbocycles. The summed E-state index contributed by atoms with van der Waals surface area (Å²) in [5.41, 5.74) is 3.03. The number of benzene rings is 2. The van der Waals surface area contributed by atoms with Gasteiger partial charge in [-0.05, 0) is 56.6 Å². The molecule has 0 saturated heterocycles. The lowest BCUT2D eigenvalue weighted by atomic mass is 10.1. The Kier molecular flexibility index (Phi) is 8.68. The SMILES string of the molecule is CCC(C)Oc1cc(C)ccc1CNC(=NC)NCc1cccc(S(=O)(=O)NC)c1. The number of rotatable bonds is 9. The Morgan fingerprint density at radius 1 is 1.13 bits per heavy atom. The van der Waals surface area contributed by atoms with Crippen LogP contribution < -0.4 is 20.1 Å². The van der Waals surface area contributed by atoms with E-state index in [2.05, 4.69) is 46.3 Å². The van der Waals surface area contributed by atoms with Gasteiger partial charge < -0.3 is 15.4 Å². The van der Waals surface area contributed by atoms with Gasteiger partial charge in [-0.15, -0.1) is 0 Å². The van der Waals surface area contributed by atoms with Gasteiger partial charge in [-0.2, -0.15) is 0 Å². The largest absolute Gasteiger partial charge is 0.490 e. The Morgan fingerprint density at radius 3 is 2.53 bits per heavy atom. The predicted octanol–water partition coefficient (Wildman–Crippen LogP) is 2.95. The first-order chi connectivity index (χ1) is 14.3. The van der Waals surface area contributed by atoms with E-state index in [-0.39, 0.29) is 11.0 Å². The molecule has 0 fully saturated rings. The summed E-state index contributed by atoms with van der Waals surface area (Å²) in [6.45, 7) is 7.20. The fraction of sp³-hybridized carbons (Fsp3) is 0.409. The van der Waals surface area contributed by atoms with Crippen LogP contribution in [0.15, 0.2) is 52.4 Å². The summed E-state index contributed by atoms with van der Waals surface area (Å²) in [7, 11) is -0.373. The van der Waals surface area contributed by atoms with Crippen LogP contribution in [0.1, 0.15) is 37.0 Å². The molecule has 164 valence electrons. The van der Waals surface area contributed by atoms with Gasteiger partial charge >= 0.3 is 0 Å². The van der Waals surface area contributed by atoms with Crippen LogP contribution in [0.3, 0.4) is 0 Å². The lowest BCUT2D eigenvalue weighted by Gasteiger charge is -2.18. The molecule has 30 heavy (non-hydrogen) atoms. The summed E-state index contributed by atoms with van der Waals surface area (Å²) < 4.78 is 32.4. The third-order valence-electron chi connectivity index (χ3n) is 4.73. The molecule has 0 aromatic heterocycles. The summed E-state index contributed by atoms with van der Waals surface area (Å²) in [4.78, 5) is 4.49. The third kappa shape index (κ3) is 6.74. The highest BCUT2D eigenvalue weighted by Gasteiger charge is 2.12. The first-order valence-electron chi connectivity index (χ1n) is 10.0. The second-order valence-electron chi connectivity index (χ2n) is 7.08. The number of nitrogens with zero attached hydrogens (tertiary/aromatic N) is 1. The van der Waals surface area contributed by atoms with Crippen molar-refractivity contribution in [3.8, 4) is 5.75 Å². The Balaban J connectivity index is 2.02. The highest BCUT2D eigenvalue weighted by Crippen LogP contribution is 2.22. The van der Waals surface area contributed by atoms with E-state index < -0.39 is 10.0 Å². The molecule has 0 aliphatic rings. The molecule has 0 aliphatic heterocycles. The molecule has 3 N–H and O–H groups in total. The van der Waals surface area contributed by atoms with Crippen LogP contribution in [-0.4, -0.2) is 34.6 Å². The summed E-state index contributed by atoms with van der Waals surface area (Å²) in [6.07, 6.45) is 1.08. The monoisotopic (exact) mass is 432 g/mol. The van der Waals surface area contributed by atoms with Gasteiger partial charge in [0.05, 0.1) is 11.0 Å². The maximum Gasteiger partial charge on any atom is 0.240 e. The van der Waals surface area contributed by atoms with Crippen LogP contribution in [-0.2, 0) is 23.1 Å². The summed E-state index contributed by atoms with van der Waals surface area (Å²) in [5, 5.41) is 6.51. The number of nitrogens with one attached hydrogen (secondary N) is 3. The van der Waals surface area contributed by atoms with Gasteiger partial charge in [-0.1, -0.05) is 31.2 Å². The number of hydrogen-bond donors (Lipinski definition) is 3. The predicted molar refractivity (Wildman–Crippen MR) is 121 cm³/mol. The van der Waals surface area contributed by atoms with Crippen LogP contribution in [0.4, 0.5) is 0 Å². The van der Waals surface area contributed by atoms with E-state index in [0.29, 0.717) is 19.0 Å². The molecule has 2 aromatic rings. The van der Waals surface area contributed by atoms with E-state index in [1.165, 1.54) is 7.05 Å². The molecule has 2 rings (SSSR count). The van der Waals surface area contributed by atoms with Crippen molar-refractivity contribution in [2.45, 2.75) is 51.3 Å². The van der Waals surface area contributed by atoms with Gasteiger partial charge in [0.1, 0.15) is 5.75 Å². The van der Waals surface area contributed by atoms with Crippen LogP contribution >= 0.6 is 0 Å². The minimum atomic E-state index is -3.47. The minimum absolute atomic E-state index is 0.143. The highest BCUT2D eigenvalue weighted by molar-refractivity contribution is 7.89. The van der Waals surface area contributed by atoms with Gasteiger partial charge in [0.2, 0.25) is 10.0 Å². The van der Waals surface area contributed by atoms with Crippen molar-refractivity contribution in [3.05, 3.63) is 59.2 Å². The Hall–Kier alpha value is -2.58. The molecule has 7 nitrogen and oxygen atoms in total. The molecule has 0 spiro atoms. The lowest BCUT2D eigenvalue weighted by molar-refractivity contribution is 0.215. The minimum Gasteiger partial charge on any atom is -0.490 e. The van der Waals surface area contributed by atoms with E-state index in [0.717, 1.165) is 28.9 Å². The zero-order valence-corrected chi connectivity index (χ0v) is 19.1. The summed E-state index contributed by atoms with van der Waals surface area (Å²) >= 11 is 0. The van der Waals surface area contributed by atoms with E-state index in [1.54, 1.807) is 25.2 Å². The molecule has 0 bridgehead atoms. The standard InChI is InChI=1S/C22H32N4O3S/c1-6-17(3)29-21-12-16(2)10-11-19(21)15-26-22(23-4)25-14-18-8-7-9-20(13-18)30(27,28)24-5/h7-13,17,24H,6,14-15H2,1-5H3,(H2,23,25,26). The van der Waals surface area contributed by atoms with Gasteiger partial charge in [0.25, 0.3) is 0 Å². The summed E-state index contributed by atoms with van der Waals surface area (Å²) in [5.74, 6) is 1.49. The van der Waals surface area contributed by atoms with Crippen molar-refractivity contribution in [3.63, 3.8) is 0 Å². The van der Waals surface area contributed by atoms with E-state index in [4.69, 9.17) is 4.74 Å². The zero-order chi connectivity index (χ0) is 22.1. The first-order valence-corrected chi connectivity index (χ1v) is 11.5. The molecular weight excluding hydrogens is 400 g/mol. The number of aryl methyl sites for hydroxylation is 1. The van der Waals surface area contributed by atoms with Gasteiger partial charge in [-0.3, -0.25) is 4.99 Å². The second kappa shape index (κ2) is 11.0. The molecule has 8 heteroatoms. The smallest absolute Gasteiger partial charge is 0.240 e. The maximum atomic E-state index is 12.0. The maximum absolute atomic E-state index is 12.0. The molecule has 2 aromatic carbocycles. The number of ether oxygens (including phenoxy) is 1. The molecule has 1 atom stereocenters. The molecule has 1 unspecified atom stereocenters. The van der Waals surface area contributed by atoms with Gasteiger partial charge in [0.15, 0.2) is 5.96 Å². The number of sulfonamides is 1. The molecule has 0 amide bonds.